The van der Waals surface area contributed by atoms with Crippen molar-refractivity contribution in [1.82, 2.24) is 20.3 Å². The molecule has 0 saturated heterocycles. The van der Waals surface area contributed by atoms with E-state index in [1.54, 1.807) is 0 Å². The molecule has 114 valence electrons. The van der Waals surface area contributed by atoms with Crippen LogP contribution in [0, 0.1) is 5.82 Å². The maximum Gasteiger partial charge on any atom is 0.416 e. The van der Waals surface area contributed by atoms with E-state index in [0.29, 0.717) is 18.2 Å². The van der Waals surface area contributed by atoms with Crippen LogP contribution in [0.25, 0.3) is 11.3 Å². The van der Waals surface area contributed by atoms with E-state index in [0.717, 1.165) is 0 Å². The molecule has 0 radical (unpaired) electrons. The van der Waals surface area contributed by atoms with Gasteiger partial charge in [0, 0.05) is 6.42 Å². The van der Waals surface area contributed by atoms with Gasteiger partial charge in [0.05, 0.1) is 5.56 Å². The van der Waals surface area contributed by atoms with E-state index >= 15 is 0 Å². The van der Waals surface area contributed by atoms with E-state index in [9.17, 15) is 22.4 Å². The van der Waals surface area contributed by atoms with E-state index in [2.05, 4.69) is 24.9 Å². The number of nitrogens with one attached hydrogen (secondary N) is 1. The van der Waals surface area contributed by atoms with Gasteiger partial charge >= 0.3 is 6.18 Å². The molecule has 0 aliphatic rings. The van der Waals surface area contributed by atoms with Gasteiger partial charge in [-0.1, -0.05) is 0 Å². The lowest BCUT2D eigenvalue weighted by atomic mass is 10.1. The number of fused-ring (bicyclic) bond motifs is 1. The number of hydrogen-bond donors (Lipinski definition) is 1. The Bertz CT molecular complexity index is 900. The first-order valence-electron chi connectivity index (χ1n) is 5.91. The molecule has 0 aliphatic carbocycles. The molecule has 0 aliphatic heterocycles. The Balaban J connectivity index is 2.04. The molecule has 1 N–H and O–H groups in total. The Morgan fingerprint density at radius 1 is 1.23 bits per heavy atom. The number of hydrogen-bond acceptors (Lipinski definition) is 5. The minimum atomic E-state index is -4.61. The van der Waals surface area contributed by atoms with Crippen LogP contribution in [0.2, 0.25) is 0 Å². The number of rotatable bonds is 2. The third kappa shape index (κ3) is 2.54. The number of aromatic amines is 1. The molecule has 0 bridgehead atoms. The first kappa shape index (κ1) is 14.2. The Morgan fingerprint density at radius 2 is 2.00 bits per heavy atom. The zero-order valence-corrected chi connectivity index (χ0v) is 10.6. The van der Waals surface area contributed by atoms with E-state index in [-0.39, 0.29) is 22.6 Å². The average Bonchev–Trinajstić information content (AvgIpc) is 2.87. The molecular formula is C12H6F4N4O2. The summed E-state index contributed by atoms with van der Waals surface area (Å²) in [6.45, 7) is 0. The highest BCUT2D eigenvalue weighted by molar-refractivity contribution is 5.62. The summed E-state index contributed by atoms with van der Waals surface area (Å²) in [6, 6.07) is 1.96. The van der Waals surface area contributed by atoms with Gasteiger partial charge in [-0.15, -0.1) is 0 Å². The number of alkyl halides is 3. The average molecular weight is 314 g/mol. The van der Waals surface area contributed by atoms with Crippen molar-refractivity contribution in [3.8, 4) is 0 Å². The fourth-order valence-electron chi connectivity index (χ4n) is 1.88. The smallest absolute Gasteiger partial charge is 0.299 e. The van der Waals surface area contributed by atoms with Crippen LogP contribution in [0.1, 0.15) is 16.8 Å². The molecular weight excluding hydrogens is 308 g/mol. The van der Waals surface area contributed by atoms with Crippen molar-refractivity contribution in [2.45, 2.75) is 12.6 Å². The summed E-state index contributed by atoms with van der Waals surface area (Å²) in [5.74, 6) is -0.868. The zero-order chi connectivity index (χ0) is 15.9. The Labute approximate surface area is 118 Å². The predicted molar refractivity (Wildman–Crippen MR) is 64.4 cm³/mol. The fraction of sp³-hybridized carbons (Fsp3) is 0.167. The fourth-order valence-corrected chi connectivity index (χ4v) is 1.88. The van der Waals surface area contributed by atoms with Crippen LogP contribution in [0.5, 0.6) is 0 Å². The summed E-state index contributed by atoms with van der Waals surface area (Å²) in [4.78, 5) is 17.9. The Morgan fingerprint density at radius 3 is 2.73 bits per heavy atom. The number of halogens is 4. The predicted octanol–water partition coefficient (Wildman–Crippen LogP) is 2.05. The first-order chi connectivity index (χ1) is 10.3. The Kier molecular flexibility index (Phi) is 3.15. The van der Waals surface area contributed by atoms with Gasteiger partial charge in [0.1, 0.15) is 11.5 Å². The van der Waals surface area contributed by atoms with Crippen molar-refractivity contribution < 1.29 is 22.2 Å². The molecule has 22 heavy (non-hydrogen) atoms. The molecule has 0 amide bonds. The summed E-state index contributed by atoms with van der Waals surface area (Å²) >= 11 is 0. The molecule has 0 atom stereocenters. The lowest BCUT2D eigenvalue weighted by Gasteiger charge is -2.09. The van der Waals surface area contributed by atoms with Crippen LogP contribution in [-0.4, -0.2) is 20.3 Å². The van der Waals surface area contributed by atoms with Crippen molar-refractivity contribution in [3.05, 3.63) is 51.2 Å². The van der Waals surface area contributed by atoms with Gasteiger partial charge in [0.2, 0.25) is 11.3 Å². The molecule has 3 rings (SSSR count). The molecule has 10 heteroatoms. The molecule has 3 aromatic rings. The van der Waals surface area contributed by atoms with Gasteiger partial charge < -0.3 is 0 Å². The second-order valence-corrected chi connectivity index (χ2v) is 4.43. The molecule has 1 aromatic carbocycles. The Hall–Kier alpha value is -2.78. The zero-order valence-electron chi connectivity index (χ0n) is 10.6. The van der Waals surface area contributed by atoms with Crippen molar-refractivity contribution in [2.75, 3.05) is 0 Å². The molecule has 0 spiro atoms. The van der Waals surface area contributed by atoms with E-state index in [1.807, 2.05) is 0 Å². The number of nitrogens with zero attached hydrogens (tertiary/aromatic N) is 3. The van der Waals surface area contributed by atoms with Gasteiger partial charge in [-0.05, 0) is 34.1 Å². The topological polar surface area (TPSA) is 84.7 Å². The standard InChI is InChI=1S/C12H6F4N4O2/c13-7-2-1-6(12(14,15)16)3-5(7)4-8-11(21)18-10-9(17-8)19-22-20-10/h1-3H,4H2,(H,18,20,21). The van der Waals surface area contributed by atoms with Crippen LogP contribution in [0.3, 0.4) is 0 Å². The van der Waals surface area contributed by atoms with Gasteiger partial charge in [-0.2, -0.15) is 13.2 Å². The maximum atomic E-state index is 13.7. The van der Waals surface area contributed by atoms with E-state index in [4.69, 9.17) is 0 Å². The molecule has 0 saturated carbocycles. The second-order valence-electron chi connectivity index (χ2n) is 4.43. The highest BCUT2D eigenvalue weighted by Crippen LogP contribution is 2.30. The number of aromatic nitrogens is 4. The second kappa shape index (κ2) is 4.90. The molecule has 2 heterocycles. The van der Waals surface area contributed by atoms with E-state index in [1.165, 1.54) is 0 Å². The highest BCUT2D eigenvalue weighted by Gasteiger charge is 2.31. The third-order valence-corrected chi connectivity index (χ3v) is 2.94. The normalized spacial score (nSPS) is 12.0. The summed E-state index contributed by atoms with van der Waals surface area (Å²) in [5.41, 5.74) is -2.24. The molecule has 2 aromatic heterocycles. The van der Waals surface area contributed by atoms with Crippen LogP contribution >= 0.6 is 0 Å². The first-order valence-corrected chi connectivity index (χ1v) is 5.91. The summed E-state index contributed by atoms with van der Waals surface area (Å²) in [7, 11) is 0. The maximum absolute atomic E-state index is 13.7. The molecule has 6 nitrogen and oxygen atoms in total. The lowest BCUT2D eigenvalue weighted by molar-refractivity contribution is -0.137. The van der Waals surface area contributed by atoms with Gasteiger partial charge in [-0.25, -0.2) is 14.0 Å². The van der Waals surface area contributed by atoms with Gasteiger partial charge in [0.25, 0.3) is 5.56 Å². The SMILES string of the molecule is O=c1[nH]c2nonc2nc1Cc1cc(C(F)(F)F)ccc1F. The largest absolute Gasteiger partial charge is 0.416 e. The van der Waals surface area contributed by atoms with Crippen LogP contribution in [0.15, 0.2) is 27.6 Å². The molecule has 0 unspecified atom stereocenters. The summed E-state index contributed by atoms with van der Waals surface area (Å²) in [5, 5.41) is 6.76. The van der Waals surface area contributed by atoms with Crippen molar-refractivity contribution in [1.29, 1.82) is 0 Å². The summed E-state index contributed by atoms with van der Waals surface area (Å²) < 4.78 is 56.0. The molecule has 0 fully saturated rings. The highest BCUT2D eigenvalue weighted by atomic mass is 19.4. The van der Waals surface area contributed by atoms with E-state index < -0.39 is 29.5 Å². The van der Waals surface area contributed by atoms with Crippen molar-refractivity contribution in [2.24, 2.45) is 0 Å². The monoisotopic (exact) mass is 314 g/mol. The number of H-pyrrole nitrogens is 1. The quantitative estimate of drug-likeness (QED) is 0.732. The van der Waals surface area contributed by atoms with Crippen LogP contribution in [-0.2, 0) is 12.6 Å². The van der Waals surface area contributed by atoms with Crippen molar-refractivity contribution >= 4 is 11.3 Å². The van der Waals surface area contributed by atoms with Crippen LogP contribution < -0.4 is 5.56 Å². The third-order valence-electron chi connectivity index (χ3n) is 2.94. The number of benzene rings is 1. The minimum absolute atomic E-state index is 0.00161. The summed E-state index contributed by atoms with van der Waals surface area (Å²) in [6.07, 6.45) is -5.03. The van der Waals surface area contributed by atoms with Crippen molar-refractivity contribution in [3.63, 3.8) is 0 Å². The van der Waals surface area contributed by atoms with Gasteiger partial charge in [-0.3, -0.25) is 9.78 Å². The lowest BCUT2D eigenvalue weighted by Crippen LogP contribution is -2.16. The van der Waals surface area contributed by atoms with Crippen LogP contribution in [0.4, 0.5) is 17.6 Å². The minimum Gasteiger partial charge on any atom is -0.299 e. The van der Waals surface area contributed by atoms with Gasteiger partial charge in [0.15, 0.2) is 0 Å².